The van der Waals surface area contributed by atoms with Crippen molar-refractivity contribution >= 4 is 11.9 Å². The molecule has 36 heavy (non-hydrogen) atoms. The average molecular weight is 505 g/mol. The van der Waals surface area contributed by atoms with Gasteiger partial charge >= 0.3 is 11.9 Å². The lowest BCUT2D eigenvalue weighted by molar-refractivity contribution is -0.165. The van der Waals surface area contributed by atoms with Gasteiger partial charge in [0.05, 0.1) is 0 Å². The number of hydrogen-bond donors (Lipinski definition) is 5. The van der Waals surface area contributed by atoms with Gasteiger partial charge in [-0.1, -0.05) is 36.4 Å². The topological polar surface area (TPSA) is 140 Å². The van der Waals surface area contributed by atoms with Crippen LogP contribution >= 0.6 is 0 Å². The van der Waals surface area contributed by atoms with Crippen LogP contribution in [-0.4, -0.2) is 87.9 Å². The first-order valence-electron chi connectivity index (χ1n) is 12.0. The first kappa shape index (κ1) is 27.7. The standard InChI is InChI=1S/C22H27FN2O.C4H6O6/c23-19-6-7-22(17-4-2-1-3-5-17)18(14-19)16-25(21-8-11-24-15-21)20-9-12-26-13-10-20;5-1(3(7)8)2(6)4(9)10/h1-7,14,20-21,24H,8-13,15-16H2;1-2,5-6H,(H,7,8)(H,9,10)/t21-;1-,2-/m01/s1. The largest absolute Gasteiger partial charge is 0.479 e. The second kappa shape index (κ2) is 13.4. The van der Waals surface area contributed by atoms with Crippen LogP contribution in [-0.2, 0) is 20.9 Å². The van der Waals surface area contributed by atoms with E-state index >= 15 is 0 Å². The Hall–Kier alpha value is -2.89. The van der Waals surface area contributed by atoms with Gasteiger partial charge in [0.2, 0.25) is 0 Å². The number of ether oxygens (including phenoxy) is 1. The van der Waals surface area contributed by atoms with Crippen molar-refractivity contribution in [2.24, 2.45) is 0 Å². The lowest BCUT2D eigenvalue weighted by Crippen LogP contribution is -2.46. The van der Waals surface area contributed by atoms with Crippen LogP contribution in [0.5, 0.6) is 0 Å². The zero-order chi connectivity index (χ0) is 26.1. The van der Waals surface area contributed by atoms with E-state index in [1.165, 1.54) is 0 Å². The Morgan fingerprint density at radius 2 is 1.61 bits per heavy atom. The normalized spacial score (nSPS) is 19.8. The molecule has 0 aliphatic carbocycles. The minimum atomic E-state index is -2.27. The van der Waals surface area contributed by atoms with Crippen molar-refractivity contribution in [2.75, 3.05) is 26.3 Å². The highest BCUT2D eigenvalue weighted by molar-refractivity contribution is 5.83. The van der Waals surface area contributed by atoms with Gasteiger partial charge in [-0.3, -0.25) is 4.90 Å². The third kappa shape index (κ3) is 7.55. The average Bonchev–Trinajstić information content (AvgIpc) is 3.42. The van der Waals surface area contributed by atoms with Gasteiger partial charge in [-0.25, -0.2) is 14.0 Å². The fourth-order valence-corrected chi connectivity index (χ4v) is 4.55. The van der Waals surface area contributed by atoms with Crippen LogP contribution in [0.25, 0.3) is 11.1 Å². The number of benzene rings is 2. The van der Waals surface area contributed by atoms with Gasteiger partial charge in [-0.2, -0.15) is 0 Å². The molecule has 5 N–H and O–H groups in total. The Balaban J connectivity index is 0.000000308. The summed E-state index contributed by atoms with van der Waals surface area (Å²) in [5.41, 5.74) is 3.36. The second-order valence-electron chi connectivity index (χ2n) is 8.90. The van der Waals surface area contributed by atoms with Crippen molar-refractivity contribution in [1.29, 1.82) is 0 Å². The molecule has 2 aromatic carbocycles. The molecular weight excluding hydrogens is 471 g/mol. The molecule has 0 spiro atoms. The Morgan fingerprint density at radius 1 is 0.972 bits per heavy atom. The summed E-state index contributed by atoms with van der Waals surface area (Å²) in [5.74, 6) is -3.69. The molecule has 4 rings (SSSR count). The minimum absolute atomic E-state index is 0.156. The molecule has 2 saturated heterocycles. The van der Waals surface area contributed by atoms with E-state index in [-0.39, 0.29) is 5.82 Å². The van der Waals surface area contributed by atoms with E-state index in [4.69, 9.17) is 25.2 Å². The maximum atomic E-state index is 14.1. The summed E-state index contributed by atoms with van der Waals surface area (Å²) in [7, 11) is 0. The van der Waals surface area contributed by atoms with Crippen molar-refractivity contribution < 1.29 is 39.1 Å². The molecule has 0 unspecified atom stereocenters. The first-order chi connectivity index (χ1) is 17.3. The van der Waals surface area contributed by atoms with Gasteiger partial charge in [0.15, 0.2) is 12.2 Å². The molecule has 2 heterocycles. The molecule has 2 aromatic rings. The summed E-state index contributed by atoms with van der Waals surface area (Å²) in [4.78, 5) is 22.1. The van der Waals surface area contributed by atoms with E-state index in [9.17, 15) is 14.0 Å². The molecule has 0 bridgehead atoms. The van der Waals surface area contributed by atoms with E-state index < -0.39 is 24.1 Å². The number of carboxylic acids is 2. The van der Waals surface area contributed by atoms with E-state index in [0.29, 0.717) is 12.1 Å². The molecule has 2 aliphatic heterocycles. The number of nitrogens with zero attached hydrogens (tertiary/aromatic N) is 1. The molecule has 0 amide bonds. The Labute approximate surface area is 209 Å². The van der Waals surface area contributed by atoms with Gasteiger partial charge in [0.25, 0.3) is 0 Å². The summed E-state index contributed by atoms with van der Waals surface area (Å²) in [6.07, 6.45) is -1.25. The van der Waals surface area contributed by atoms with Crippen molar-refractivity contribution in [2.45, 2.75) is 50.1 Å². The molecule has 0 aromatic heterocycles. The Bertz CT molecular complexity index is 977. The second-order valence-corrected chi connectivity index (χ2v) is 8.90. The number of halogens is 1. The number of aliphatic hydroxyl groups is 2. The minimum Gasteiger partial charge on any atom is -0.479 e. The SMILES string of the molecule is Fc1ccc(-c2ccccc2)c(CN(C2CCOCC2)[C@H]2CCNC2)c1.O=C(O)[C@H](O)[C@@H](O)C(=O)O. The van der Waals surface area contributed by atoms with Crippen molar-refractivity contribution in [1.82, 2.24) is 10.2 Å². The van der Waals surface area contributed by atoms with Crippen LogP contribution < -0.4 is 5.32 Å². The summed E-state index contributed by atoms with van der Waals surface area (Å²) in [6, 6.07) is 16.6. The number of carboxylic acid groups (broad SMARTS) is 2. The van der Waals surface area contributed by atoms with Crippen molar-refractivity contribution in [3.05, 3.63) is 59.9 Å². The van der Waals surface area contributed by atoms with Gasteiger partial charge in [-0.15, -0.1) is 0 Å². The van der Waals surface area contributed by atoms with Crippen molar-refractivity contribution in [3.8, 4) is 11.1 Å². The fraction of sp³-hybridized carbons (Fsp3) is 0.462. The van der Waals surface area contributed by atoms with Crippen LogP contribution in [0.4, 0.5) is 4.39 Å². The number of carbonyl (C=O) groups is 2. The van der Waals surface area contributed by atoms with Crippen LogP contribution in [0, 0.1) is 5.82 Å². The maximum Gasteiger partial charge on any atom is 0.335 e. The number of hydrogen-bond acceptors (Lipinski definition) is 7. The van der Waals surface area contributed by atoms with E-state index in [0.717, 1.165) is 68.8 Å². The molecule has 2 aliphatic rings. The van der Waals surface area contributed by atoms with E-state index in [2.05, 4.69) is 22.3 Å². The fourth-order valence-electron chi connectivity index (χ4n) is 4.55. The van der Waals surface area contributed by atoms with Gasteiger partial charge < -0.3 is 30.5 Å². The summed E-state index contributed by atoms with van der Waals surface area (Å²) >= 11 is 0. The molecule has 0 radical (unpaired) electrons. The van der Waals surface area contributed by atoms with Gasteiger partial charge in [0, 0.05) is 38.4 Å². The summed E-state index contributed by atoms with van der Waals surface area (Å²) in [6.45, 7) is 4.54. The molecular formula is C26H33FN2O7. The molecule has 10 heteroatoms. The van der Waals surface area contributed by atoms with Gasteiger partial charge in [0.1, 0.15) is 5.82 Å². The zero-order valence-electron chi connectivity index (χ0n) is 19.9. The Morgan fingerprint density at radius 3 is 2.17 bits per heavy atom. The number of aliphatic hydroxyl groups excluding tert-OH is 2. The third-order valence-electron chi connectivity index (χ3n) is 6.47. The number of aliphatic carboxylic acids is 2. The number of rotatable bonds is 8. The lowest BCUT2D eigenvalue weighted by atomic mass is 9.96. The first-order valence-corrected chi connectivity index (χ1v) is 12.0. The quantitative estimate of drug-likeness (QED) is 0.364. The van der Waals surface area contributed by atoms with Crippen LogP contribution in [0.3, 0.4) is 0 Å². The molecule has 2 fully saturated rings. The third-order valence-corrected chi connectivity index (χ3v) is 6.47. The molecule has 9 nitrogen and oxygen atoms in total. The maximum absolute atomic E-state index is 14.1. The van der Waals surface area contributed by atoms with Gasteiger partial charge in [-0.05, 0) is 54.6 Å². The van der Waals surface area contributed by atoms with E-state index in [1.807, 2.05) is 24.3 Å². The van der Waals surface area contributed by atoms with Crippen LogP contribution in [0.15, 0.2) is 48.5 Å². The Kier molecular flexibility index (Phi) is 10.3. The highest BCUT2D eigenvalue weighted by atomic mass is 19.1. The smallest absolute Gasteiger partial charge is 0.335 e. The molecule has 3 atom stereocenters. The van der Waals surface area contributed by atoms with Crippen molar-refractivity contribution in [3.63, 3.8) is 0 Å². The highest BCUT2D eigenvalue weighted by Crippen LogP contribution is 2.29. The van der Waals surface area contributed by atoms with Crippen LogP contribution in [0.2, 0.25) is 0 Å². The predicted octanol–water partition coefficient (Wildman–Crippen LogP) is 1.71. The zero-order valence-corrected chi connectivity index (χ0v) is 19.9. The van der Waals surface area contributed by atoms with E-state index in [1.54, 1.807) is 12.1 Å². The molecule has 0 saturated carbocycles. The highest BCUT2D eigenvalue weighted by Gasteiger charge is 2.31. The monoisotopic (exact) mass is 504 g/mol. The summed E-state index contributed by atoms with van der Waals surface area (Å²) in [5, 5.41) is 36.0. The number of nitrogens with one attached hydrogen (secondary N) is 1. The van der Waals surface area contributed by atoms with Crippen LogP contribution in [0.1, 0.15) is 24.8 Å². The lowest BCUT2D eigenvalue weighted by Gasteiger charge is -2.38. The predicted molar refractivity (Wildman–Crippen MR) is 130 cm³/mol. The summed E-state index contributed by atoms with van der Waals surface area (Å²) < 4.78 is 19.7. The molecule has 196 valence electrons.